The summed E-state index contributed by atoms with van der Waals surface area (Å²) in [6, 6.07) is 28.2. The summed E-state index contributed by atoms with van der Waals surface area (Å²) in [5, 5.41) is 10.5. The number of carboxylic acids is 1. The average Bonchev–Trinajstić information content (AvgIpc) is 3.03. The number of carboxylic acid groups (broad SMARTS) is 1. The molecule has 10 heteroatoms. The van der Waals surface area contributed by atoms with Crippen LogP contribution >= 0.6 is 23.2 Å². The van der Waals surface area contributed by atoms with Gasteiger partial charge in [0.15, 0.2) is 6.10 Å². The van der Waals surface area contributed by atoms with Crippen LogP contribution in [0.3, 0.4) is 0 Å². The number of hydrogen-bond donors (Lipinski definition) is 1. The normalized spacial score (nSPS) is 12.3. The lowest BCUT2D eigenvalue weighted by Crippen LogP contribution is -2.38. The molecule has 4 aromatic rings. The number of hydrogen-bond acceptors (Lipinski definition) is 4. The fourth-order valence-corrected chi connectivity index (χ4v) is 5.48. The van der Waals surface area contributed by atoms with Crippen molar-refractivity contribution in [2.24, 2.45) is 0 Å². The van der Waals surface area contributed by atoms with E-state index < -0.39 is 24.0 Å². The highest BCUT2D eigenvalue weighted by atomic mass is 35.5. The molecule has 4 aromatic carbocycles. The van der Waals surface area contributed by atoms with Gasteiger partial charge < -0.3 is 14.7 Å². The van der Waals surface area contributed by atoms with Gasteiger partial charge in [0.05, 0.1) is 5.56 Å². The first-order valence-electron chi connectivity index (χ1n) is 14.8. The number of likely N-dealkylation sites (N-methyl/N-ethyl adjacent to an activating group) is 1. The zero-order chi connectivity index (χ0) is 33.3. The molecule has 0 saturated carbocycles. The number of ketones is 1. The first-order chi connectivity index (χ1) is 21.9. The number of halogens is 5. The molecule has 1 unspecified atom stereocenters. The monoisotopic (exact) mass is 671 g/mol. The molecule has 4 rings (SSSR count). The Morgan fingerprint density at radius 1 is 0.826 bits per heavy atom. The van der Waals surface area contributed by atoms with E-state index in [0.29, 0.717) is 15.6 Å². The smallest absolute Gasteiger partial charge is 0.453 e. The zero-order valence-corrected chi connectivity index (χ0v) is 26.7. The van der Waals surface area contributed by atoms with Crippen molar-refractivity contribution in [2.75, 3.05) is 20.1 Å². The van der Waals surface area contributed by atoms with E-state index in [1.54, 1.807) is 30.3 Å². The van der Waals surface area contributed by atoms with Crippen LogP contribution in [-0.2, 0) is 17.6 Å². The highest BCUT2D eigenvalue weighted by Gasteiger charge is 2.44. The van der Waals surface area contributed by atoms with E-state index in [1.165, 1.54) is 18.2 Å². The molecular weight excluding hydrogens is 638 g/mol. The van der Waals surface area contributed by atoms with E-state index >= 15 is 0 Å². The standard InChI is InChI=1S/C36H34Cl2F3NO4/c1-42(23-32(26-10-14-29(37)15-11-26)27-12-16-30(38)17-13-27)21-3-5-24-7-18-31(19-8-24)46-33(34(43)36(39,40)41)20-9-25-4-2-6-28(22-25)35(44)45/h2,4,6-8,10-19,22,32-33H,3,5,9,20-21,23H2,1H3,(H,44,45). The van der Waals surface area contributed by atoms with Crippen LogP contribution in [0, 0.1) is 0 Å². The third-order valence-corrected chi connectivity index (χ3v) is 8.19. The van der Waals surface area contributed by atoms with Crippen LogP contribution in [0.1, 0.15) is 51.4 Å². The first kappa shape index (κ1) is 35.0. The summed E-state index contributed by atoms with van der Waals surface area (Å²) in [4.78, 5) is 25.6. The van der Waals surface area contributed by atoms with Crippen LogP contribution in [-0.4, -0.2) is 54.2 Å². The molecule has 0 spiro atoms. The van der Waals surface area contributed by atoms with Crippen molar-refractivity contribution in [1.29, 1.82) is 0 Å². The molecular formula is C36H34Cl2F3NO4. The number of rotatable bonds is 15. The van der Waals surface area contributed by atoms with E-state index in [9.17, 15) is 27.9 Å². The Bertz CT molecular complexity index is 1550. The number of carbonyl (C=O) groups is 2. The quantitative estimate of drug-likeness (QED) is 0.137. The summed E-state index contributed by atoms with van der Waals surface area (Å²) >= 11 is 12.2. The summed E-state index contributed by atoms with van der Waals surface area (Å²) in [6.07, 6.45) is -5.47. The Labute approximate surface area is 276 Å². The molecule has 1 N–H and O–H groups in total. The lowest BCUT2D eigenvalue weighted by molar-refractivity contribution is -0.178. The SMILES string of the molecule is CN(CCCc1ccc(OC(CCc2cccc(C(=O)O)c2)C(=O)C(F)(F)F)cc1)CC(c1ccc(Cl)cc1)c1ccc(Cl)cc1. The van der Waals surface area contributed by atoms with Crippen molar-refractivity contribution >= 4 is 35.0 Å². The number of nitrogens with zero attached hydrogens (tertiary/aromatic N) is 1. The van der Waals surface area contributed by atoms with Crippen LogP contribution in [0.2, 0.25) is 10.0 Å². The summed E-state index contributed by atoms with van der Waals surface area (Å²) in [6.45, 7) is 1.58. The van der Waals surface area contributed by atoms with Crippen molar-refractivity contribution in [3.05, 3.63) is 135 Å². The number of Topliss-reactive ketones (excluding diaryl/α,β-unsaturated/α-hetero) is 1. The van der Waals surface area contributed by atoms with Gasteiger partial charge in [0.25, 0.3) is 5.78 Å². The van der Waals surface area contributed by atoms with Gasteiger partial charge in [-0.1, -0.05) is 71.7 Å². The highest BCUT2D eigenvalue weighted by molar-refractivity contribution is 6.30. The number of benzene rings is 4. The molecule has 0 saturated heterocycles. The number of ether oxygens (including phenoxy) is 1. The van der Waals surface area contributed by atoms with Gasteiger partial charge in [-0.3, -0.25) is 4.79 Å². The molecule has 0 aliphatic heterocycles. The van der Waals surface area contributed by atoms with Gasteiger partial charge >= 0.3 is 12.1 Å². The lowest BCUT2D eigenvalue weighted by Gasteiger charge is -2.25. The van der Waals surface area contributed by atoms with Crippen molar-refractivity contribution in [3.63, 3.8) is 0 Å². The molecule has 0 heterocycles. The minimum Gasteiger partial charge on any atom is -0.482 e. The maximum atomic E-state index is 13.3. The van der Waals surface area contributed by atoms with E-state index in [0.717, 1.165) is 42.6 Å². The van der Waals surface area contributed by atoms with Crippen molar-refractivity contribution in [1.82, 2.24) is 4.90 Å². The third-order valence-electron chi connectivity index (χ3n) is 7.69. The van der Waals surface area contributed by atoms with Gasteiger partial charge in [-0.25, -0.2) is 4.79 Å². The van der Waals surface area contributed by atoms with Gasteiger partial charge in [0, 0.05) is 22.5 Å². The van der Waals surface area contributed by atoms with Crippen molar-refractivity contribution in [2.45, 2.75) is 43.9 Å². The van der Waals surface area contributed by atoms with Crippen LogP contribution in [0.4, 0.5) is 13.2 Å². The predicted octanol–water partition coefficient (Wildman–Crippen LogP) is 8.90. The highest BCUT2D eigenvalue weighted by Crippen LogP contribution is 2.29. The molecule has 46 heavy (non-hydrogen) atoms. The summed E-state index contributed by atoms with van der Waals surface area (Å²) in [7, 11) is 2.06. The predicted molar refractivity (Wildman–Crippen MR) is 174 cm³/mol. The van der Waals surface area contributed by atoms with Gasteiger partial charge in [0.2, 0.25) is 0 Å². The summed E-state index contributed by atoms with van der Waals surface area (Å²) < 4.78 is 45.6. The fraction of sp³-hybridized carbons (Fsp3) is 0.278. The number of carbonyl (C=O) groups excluding carboxylic acids is 1. The van der Waals surface area contributed by atoms with E-state index in [4.69, 9.17) is 27.9 Å². The average molecular weight is 673 g/mol. The Hall–Kier alpha value is -3.85. The fourth-order valence-electron chi connectivity index (χ4n) is 5.23. The van der Waals surface area contributed by atoms with Crippen LogP contribution in [0.5, 0.6) is 5.75 Å². The molecule has 5 nitrogen and oxygen atoms in total. The molecule has 1 atom stereocenters. The molecule has 0 radical (unpaired) electrons. The maximum Gasteiger partial charge on any atom is 0.453 e. The molecule has 0 amide bonds. The number of alkyl halides is 3. The van der Waals surface area contributed by atoms with E-state index in [2.05, 4.69) is 11.9 Å². The summed E-state index contributed by atoms with van der Waals surface area (Å²) in [5.41, 5.74) is 3.78. The Morgan fingerprint density at radius 3 is 1.96 bits per heavy atom. The van der Waals surface area contributed by atoms with Crippen molar-refractivity contribution in [3.8, 4) is 5.75 Å². The lowest BCUT2D eigenvalue weighted by atomic mass is 9.91. The Balaban J connectivity index is 1.34. The topological polar surface area (TPSA) is 66.8 Å². The van der Waals surface area contributed by atoms with Gasteiger partial charge in [-0.15, -0.1) is 0 Å². The maximum absolute atomic E-state index is 13.3. The number of aryl methyl sites for hydroxylation is 2. The van der Waals surface area contributed by atoms with Crippen LogP contribution < -0.4 is 4.74 Å². The molecule has 0 aromatic heterocycles. The second-order valence-corrected chi connectivity index (χ2v) is 12.1. The molecule has 0 bridgehead atoms. The minimum absolute atomic E-state index is 0.0156. The third kappa shape index (κ3) is 10.3. The second-order valence-electron chi connectivity index (χ2n) is 11.2. The molecule has 0 fully saturated rings. The Kier molecular flexibility index (Phi) is 12.3. The zero-order valence-electron chi connectivity index (χ0n) is 25.1. The minimum atomic E-state index is -5.07. The van der Waals surface area contributed by atoms with E-state index in [1.807, 2.05) is 48.5 Å². The Morgan fingerprint density at radius 2 is 1.41 bits per heavy atom. The van der Waals surface area contributed by atoms with Gasteiger partial charge in [-0.2, -0.15) is 13.2 Å². The largest absolute Gasteiger partial charge is 0.482 e. The molecule has 0 aliphatic carbocycles. The second kappa shape index (κ2) is 16.1. The molecule has 242 valence electrons. The first-order valence-corrected chi connectivity index (χ1v) is 15.5. The van der Waals surface area contributed by atoms with Crippen LogP contribution in [0.25, 0.3) is 0 Å². The van der Waals surface area contributed by atoms with Crippen LogP contribution in [0.15, 0.2) is 97.1 Å². The molecule has 0 aliphatic rings. The number of aromatic carboxylic acids is 1. The van der Waals surface area contributed by atoms with E-state index in [-0.39, 0.29) is 30.1 Å². The van der Waals surface area contributed by atoms with Crippen molar-refractivity contribution < 1.29 is 32.6 Å². The van der Waals surface area contributed by atoms with Gasteiger partial charge in [-0.05, 0) is 110 Å². The summed E-state index contributed by atoms with van der Waals surface area (Å²) in [5.74, 6) is -2.86. The van der Waals surface area contributed by atoms with Gasteiger partial charge in [0.1, 0.15) is 5.75 Å².